The van der Waals surface area contributed by atoms with Crippen LogP contribution in [0.15, 0.2) is 47.2 Å². The van der Waals surface area contributed by atoms with Gasteiger partial charge in [0.15, 0.2) is 11.5 Å². The van der Waals surface area contributed by atoms with Crippen molar-refractivity contribution in [3.63, 3.8) is 0 Å². The van der Waals surface area contributed by atoms with Gasteiger partial charge in [-0.05, 0) is 122 Å². The number of hydrogen-bond donors (Lipinski definition) is 8. The molecule has 8 amide bonds. The maximum absolute atomic E-state index is 14.4. The topological polar surface area (TPSA) is 352 Å². The number of ketones is 2. The van der Waals surface area contributed by atoms with E-state index in [4.69, 9.17) is 53.6 Å². The minimum absolute atomic E-state index is 0.00383. The summed E-state index contributed by atoms with van der Waals surface area (Å²) in [6, 6.07) is 8.31. The summed E-state index contributed by atoms with van der Waals surface area (Å²) < 4.78 is 25.4. The quantitative estimate of drug-likeness (QED) is 0.0143. The average molecular weight is 1450 g/mol. The van der Waals surface area contributed by atoms with E-state index in [0.29, 0.717) is 71.7 Å². The van der Waals surface area contributed by atoms with E-state index in [-0.39, 0.29) is 136 Å². The normalized spacial score (nSPS) is 19.6. The summed E-state index contributed by atoms with van der Waals surface area (Å²) >= 11 is 16.1. The second-order valence-electron chi connectivity index (χ2n) is 26.3. The van der Waals surface area contributed by atoms with Crippen molar-refractivity contribution in [3.05, 3.63) is 75.0 Å². The largest absolute Gasteiger partial charge is 0.460 e. The zero-order chi connectivity index (χ0) is 72.1. The number of carbonyl (C=O) groups excluding carboxylic acids is 9. The number of benzene rings is 3. The smallest absolute Gasteiger partial charge is 0.415 e. The number of anilines is 3. The first-order chi connectivity index (χ1) is 47.2. The molecule has 0 spiro atoms. The summed E-state index contributed by atoms with van der Waals surface area (Å²) in [6.07, 6.45) is -5.22. The molecule has 0 unspecified atom stereocenters. The van der Waals surface area contributed by atoms with Gasteiger partial charge in [-0.25, -0.2) is 14.4 Å². The van der Waals surface area contributed by atoms with Crippen molar-refractivity contribution in [1.82, 2.24) is 20.4 Å². The second kappa shape index (κ2) is 35.4. The van der Waals surface area contributed by atoms with Crippen LogP contribution in [0.5, 0.6) is 11.5 Å². The number of thiophene rings is 2. The van der Waals surface area contributed by atoms with Crippen molar-refractivity contribution in [2.24, 2.45) is 29.2 Å². The van der Waals surface area contributed by atoms with E-state index in [0.717, 1.165) is 37.7 Å². The highest BCUT2D eigenvalue weighted by Crippen LogP contribution is 2.51. The molecule has 99 heavy (non-hydrogen) atoms. The number of hydrogen-bond acceptors (Lipinski definition) is 19. The van der Waals surface area contributed by atoms with Gasteiger partial charge in [0.05, 0.1) is 32.9 Å². The molecule has 0 radical (unpaired) electrons. The Kier molecular flexibility index (Phi) is 27.7. The van der Waals surface area contributed by atoms with Crippen LogP contribution in [-0.4, -0.2) is 180 Å². The van der Waals surface area contributed by atoms with Gasteiger partial charge in [-0.3, -0.25) is 24.0 Å². The Hall–Kier alpha value is -7.21. The number of aliphatic hydroxyl groups is 3. The number of ether oxygens (including phenoxy) is 4. The standard InChI is InChI=1S/C70H93Cl2N9O16S2/c1-9-50-60(86)61(87)62(88)67(95-50)96-51-28-47-57(55-38(4)35-98-63(51)55)44(30-71)32-80(47)53(84)16-12-17-54(85)81-33-45(31-72)58-48(81)29-52(64-56(58)39(5)36-99-64)97-70(93)79(8)25-24-78(7)69(92)94-34-41-18-20-46(21-19-41)76-65(89)43(15-13-23-75-68(74)91)27-49(83)59(37(2)3)77-66(90)42(26-40(6)82)14-10-11-22-73/h18-21,28-29,35-37,42-45,50,59-62,67,86-88H,9-17,22-27,30-34,73H2,1-8H3,(H,76,89)(H,77,90)(H3,74,75,91)/t42-,43-,44-,45-,50-,59+,60-,61+,62-,67+/m1/s1. The molecule has 3 aliphatic heterocycles. The fourth-order valence-corrected chi connectivity index (χ4v) is 15.6. The van der Waals surface area contributed by atoms with E-state index in [1.165, 1.54) is 53.5 Å². The molecule has 8 rings (SSSR count). The molecule has 0 saturated carbocycles. The first-order valence-electron chi connectivity index (χ1n) is 33.6. The Labute approximate surface area is 594 Å². The molecule has 10 N–H and O–H groups in total. The number of fused-ring (bicyclic) bond motifs is 6. The maximum Gasteiger partial charge on any atom is 0.415 e. The molecule has 5 aromatic rings. The molecule has 10 atom stereocenters. The fraction of sp³-hybridized carbons (Fsp3) is 0.557. The third kappa shape index (κ3) is 18.9. The van der Waals surface area contributed by atoms with Gasteiger partial charge in [-0.2, -0.15) is 0 Å². The maximum atomic E-state index is 14.4. The molecule has 3 aromatic carbocycles. The van der Waals surface area contributed by atoms with E-state index in [9.17, 15) is 58.5 Å². The third-order valence-corrected chi connectivity index (χ3v) is 21.5. The van der Waals surface area contributed by atoms with Crippen LogP contribution in [0, 0.1) is 31.6 Å². The van der Waals surface area contributed by atoms with Gasteiger partial charge in [0.2, 0.25) is 29.9 Å². The fourth-order valence-electron chi connectivity index (χ4n) is 13.0. The Morgan fingerprint density at radius 1 is 0.737 bits per heavy atom. The first kappa shape index (κ1) is 77.5. The molecule has 540 valence electrons. The van der Waals surface area contributed by atoms with Gasteiger partial charge >= 0.3 is 18.2 Å². The van der Waals surface area contributed by atoms with Crippen LogP contribution in [0.25, 0.3) is 20.2 Å². The molecule has 5 heterocycles. The molecule has 2 aromatic heterocycles. The lowest BCUT2D eigenvalue weighted by Gasteiger charge is -2.40. The van der Waals surface area contributed by atoms with Gasteiger partial charge in [-0.15, -0.1) is 45.9 Å². The lowest BCUT2D eigenvalue weighted by Crippen LogP contribution is -2.58. The molecule has 0 aliphatic carbocycles. The predicted molar refractivity (Wildman–Crippen MR) is 381 cm³/mol. The highest BCUT2D eigenvalue weighted by Gasteiger charge is 2.46. The van der Waals surface area contributed by atoms with E-state index in [1.807, 2.05) is 24.6 Å². The lowest BCUT2D eigenvalue weighted by atomic mass is 9.88. The number of primary amides is 1. The number of halogens is 2. The number of urea groups is 1. The molecule has 1 saturated heterocycles. The molecule has 1 fully saturated rings. The number of Topliss-reactive ketones (excluding diaryl/α,β-unsaturated/α-hetero) is 2. The minimum Gasteiger partial charge on any atom is -0.460 e. The van der Waals surface area contributed by atoms with Crippen LogP contribution in [0.1, 0.15) is 138 Å². The Morgan fingerprint density at radius 2 is 1.29 bits per heavy atom. The minimum atomic E-state index is -1.56. The number of likely N-dealkylation sites (N-methyl/N-ethyl adjacent to an activating group) is 2. The van der Waals surface area contributed by atoms with Crippen molar-refractivity contribution < 1.29 is 77.4 Å². The number of alkyl halides is 2. The lowest BCUT2D eigenvalue weighted by molar-refractivity contribution is -0.272. The first-order valence-corrected chi connectivity index (χ1v) is 36.5. The van der Waals surface area contributed by atoms with Crippen LogP contribution in [0.2, 0.25) is 0 Å². The van der Waals surface area contributed by atoms with E-state index in [2.05, 4.69) is 16.0 Å². The summed E-state index contributed by atoms with van der Waals surface area (Å²) in [4.78, 5) is 127. The molecule has 3 aliphatic rings. The highest BCUT2D eigenvalue weighted by molar-refractivity contribution is 7.18. The van der Waals surface area contributed by atoms with Gasteiger partial charge < -0.3 is 86.1 Å². The van der Waals surface area contributed by atoms with Crippen LogP contribution in [0.4, 0.5) is 31.4 Å². The second-order valence-corrected chi connectivity index (χ2v) is 28.7. The number of aryl methyl sites for hydroxylation is 2. The van der Waals surface area contributed by atoms with Crippen molar-refractivity contribution in [2.75, 3.05) is 80.2 Å². The molecular formula is C70H93Cl2N9O16S2. The molecular weight excluding hydrogens is 1360 g/mol. The zero-order valence-electron chi connectivity index (χ0n) is 57.3. The number of nitrogens with one attached hydrogen (secondary N) is 3. The number of nitrogens with two attached hydrogens (primary N) is 2. The predicted octanol–water partition coefficient (Wildman–Crippen LogP) is 9.06. The van der Waals surface area contributed by atoms with Crippen LogP contribution in [0.3, 0.4) is 0 Å². The van der Waals surface area contributed by atoms with Gasteiger partial charge in [0.25, 0.3) is 0 Å². The Balaban J connectivity index is 0.848. The van der Waals surface area contributed by atoms with Crippen molar-refractivity contribution in [1.29, 1.82) is 0 Å². The summed E-state index contributed by atoms with van der Waals surface area (Å²) in [7, 11) is 3.05. The number of rotatable bonds is 33. The monoisotopic (exact) mass is 1450 g/mol. The number of aliphatic hydroxyl groups excluding tert-OH is 3. The van der Waals surface area contributed by atoms with E-state index < -0.39 is 78.6 Å². The average Bonchev–Trinajstić information content (AvgIpc) is 1.60. The van der Waals surface area contributed by atoms with Crippen molar-refractivity contribution in [2.45, 2.75) is 167 Å². The van der Waals surface area contributed by atoms with E-state index >= 15 is 0 Å². The van der Waals surface area contributed by atoms with Crippen molar-refractivity contribution in [3.8, 4) is 11.5 Å². The van der Waals surface area contributed by atoms with Crippen LogP contribution < -0.4 is 46.7 Å². The summed E-state index contributed by atoms with van der Waals surface area (Å²) in [5, 5.41) is 46.0. The summed E-state index contributed by atoms with van der Waals surface area (Å²) in [5.74, 6) is -3.18. The number of amides is 8. The van der Waals surface area contributed by atoms with Gasteiger partial charge in [0, 0.05) is 137 Å². The van der Waals surface area contributed by atoms with Crippen molar-refractivity contribution >= 4 is 137 Å². The molecule has 29 heteroatoms. The Morgan fingerprint density at radius 3 is 1.84 bits per heavy atom. The number of unbranched alkanes of at least 4 members (excludes halogenated alkanes) is 1. The Bertz CT molecular complexity index is 3740. The van der Waals surface area contributed by atoms with Crippen LogP contribution >= 0.6 is 45.9 Å². The SMILES string of the molecule is CC[C@H]1O[C@@H](Oc2cc3c(c4c(C)csc24)[C@H](CCl)CN3C(=O)CCCC(=O)N2C[C@@H](CCl)c3c2cc(OC(=O)N(C)CCN(C)C(=O)OCc2ccc(NC(=O)[C@H](CCCNC(N)=O)CC(=O)[C@@H](NC(=O)[C@H](CCCCN)CC(C)=O)C(C)C)cc2)c2scc(C)c32)[C@H](O)[C@@H](O)[C@@H]1O. The zero-order valence-corrected chi connectivity index (χ0v) is 60.4. The van der Waals surface area contributed by atoms with E-state index in [1.54, 1.807) is 67.0 Å². The molecule has 0 bridgehead atoms. The summed E-state index contributed by atoms with van der Waals surface area (Å²) in [5.41, 5.74) is 16.6. The number of carbonyl (C=O) groups is 9. The number of nitrogens with zero attached hydrogens (tertiary/aromatic N) is 4. The van der Waals surface area contributed by atoms with Crippen LogP contribution in [-0.2, 0) is 44.8 Å². The van der Waals surface area contributed by atoms with Gasteiger partial charge in [0.1, 0.15) is 36.5 Å². The van der Waals surface area contributed by atoms with Gasteiger partial charge in [-0.1, -0.05) is 39.3 Å². The highest BCUT2D eigenvalue weighted by atomic mass is 35.5. The molecule has 25 nitrogen and oxygen atoms in total. The third-order valence-electron chi connectivity index (χ3n) is 18.5. The summed E-state index contributed by atoms with van der Waals surface area (Å²) in [6.45, 7) is 11.8.